The third kappa shape index (κ3) is 3.92. The minimum Gasteiger partial charge on any atom is -0.497 e. The number of hydrogen-bond acceptors (Lipinski definition) is 8. The zero-order valence-corrected chi connectivity index (χ0v) is 18.9. The second-order valence-electron chi connectivity index (χ2n) is 7.10. The van der Waals surface area contributed by atoms with Crippen molar-refractivity contribution in [1.29, 1.82) is 0 Å². The number of fused-ring (bicyclic) bond motifs is 1. The van der Waals surface area contributed by atoms with Crippen LogP contribution in [0.4, 0.5) is 0 Å². The van der Waals surface area contributed by atoms with Crippen molar-refractivity contribution < 1.29 is 14.3 Å². The highest BCUT2D eigenvalue weighted by Crippen LogP contribution is 2.27. The van der Waals surface area contributed by atoms with Crippen molar-refractivity contribution >= 4 is 17.7 Å². The first-order valence-electron chi connectivity index (χ1n) is 10.1. The number of ether oxygens (including phenoxy) is 2. The molecule has 1 aromatic heterocycles. The van der Waals surface area contributed by atoms with Gasteiger partial charge in [0.2, 0.25) is 11.1 Å². The molecule has 2 aliphatic rings. The van der Waals surface area contributed by atoms with E-state index in [9.17, 15) is 9.59 Å². The summed E-state index contributed by atoms with van der Waals surface area (Å²) in [6.45, 7) is 0. The van der Waals surface area contributed by atoms with Gasteiger partial charge in [0, 0.05) is 17.3 Å². The zero-order chi connectivity index (χ0) is 23.7. The standard InChI is InChI=1S/C23H18N6O4S/c1-32-15-10-8-14(9-11-15)29-20(30)17-12-28(13-18(19(17)27-29)21(31)33-2)22-24-23(26-25-22)34-16-6-4-3-5-7-16/h3-13H,1-2H3,(H,24,25,26). The molecule has 3 aromatic rings. The Morgan fingerprint density at radius 3 is 2.50 bits per heavy atom. The van der Waals surface area contributed by atoms with Crippen molar-refractivity contribution in [3.05, 3.63) is 82.9 Å². The summed E-state index contributed by atoms with van der Waals surface area (Å²) in [4.78, 5) is 31.2. The van der Waals surface area contributed by atoms with E-state index in [2.05, 4.69) is 20.3 Å². The van der Waals surface area contributed by atoms with Gasteiger partial charge in [0.1, 0.15) is 17.0 Å². The lowest BCUT2D eigenvalue weighted by Crippen LogP contribution is -2.15. The minimum atomic E-state index is -0.628. The van der Waals surface area contributed by atoms with Crippen LogP contribution in [0.2, 0.25) is 0 Å². The Kier molecular flexibility index (Phi) is 5.60. The van der Waals surface area contributed by atoms with Gasteiger partial charge in [0.25, 0.3) is 5.56 Å². The lowest BCUT2D eigenvalue weighted by atomic mass is 10.1. The molecule has 5 rings (SSSR count). The number of methoxy groups -OCH3 is 2. The van der Waals surface area contributed by atoms with E-state index in [0.717, 1.165) is 4.90 Å². The van der Waals surface area contributed by atoms with E-state index in [1.807, 2.05) is 30.3 Å². The average Bonchev–Trinajstić information content (AvgIpc) is 3.48. The molecule has 2 aliphatic heterocycles. The van der Waals surface area contributed by atoms with Crippen LogP contribution >= 0.6 is 11.8 Å². The van der Waals surface area contributed by atoms with Gasteiger partial charge >= 0.3 is 5.97 Å². The summed E-state index contributed by atoms with van der Waals surface area (Å²) in [6, 6.07) is 16.6. The van der Waals surface area contributed by atoms with Gasteiger partial charge in [-0.25, -0.2) is 9.89 Å². The highest BCUT2D eigenvalue weighted by molar-refractivity contribution is 7.99. The molecular formula is C23H18N6O4S. The Morgan fingerprint density at radius 2 is 1.79 bits per heavy atom. The van der Waals surface area contributed by atoms with E-state index in [1.54, 1.807) is 37.6 Å². The Morgan fingerprint density at radius 1 is 1.03 bits per heavy atom. The summed E-state index contributed by atoms with van der Waals surface area (Å²) in [7, 11) is 2.83. The molecule has 0 saturated heterocycles. The van der Waals surface area contributed by atoms with Crippen LogP contribution in [-0.4, -0.2) is 49.7 Å². The molecule has 0 unspecified atom stereocenters. The van der Waals surface area contributed by atoms with Crippen LogP contribution in [0.1, 0.15) is 10.4 Å². The molecule has 0 amide bonds. The molecule has 170 valence electrons. The van der Waals surface area contributed by atoms with E-state index in [1.165, 1.54) is 34.3 Å². The Hall–Kier alpha value is -4.38. The Balaban J connectivity index is 1.60. The Bertz CT molecular complexity index is 1490. The first-order valence-corrected chi connectivity index (χ1v) is 10.9. The summed E-state index contributed by atoms with van der Waals surface area (Å²) >= 11 is 1.38. The number of hydrogen-bond donors (Lipinski definition) is 1. The molecule has 0 atom stereocenters. The lowest BCUT2D eigenvalue weighted by Gasteiger charge is -2.08. The van der Waals surface area contributed by atoms with Crippen molar-refractivity contribution in [3.63, 3.8) is 0 Å². The molecule has 1 N–H and O–H groups in total. The number of aromatic nitrogens is 6. The van der Waals surface area contributed by atoms with Crippen LogP contribution in [0.15, 0.2) is 81.8 Å². The topological polar surface area (TPSA) is 117 Å². The highest BCUT2D eigenvalue weighted by Gasteiger charge is 2.26. The van der Waals surface area contributed by atoms with Crippen molar-refractivity contribution in [2.75, 3.05) is 14.2 Å². The summed E-state index contributed by atoms with van der Waals surface area (Å²) in [5.41, 5.74) is 0.719. The van der Waals surface area contributed by atoms with Gasteiger partial charge in [-0.1, -0.05) is 18.2 Å². The van der Waals surface area contributed by atoms with Crippen LogP contribution < -0.4 is 10.3 Å². The molecule has 3 heterocycles. The Labute approximate surface area is 197 Å². The third-order valence-electron chi connectivity index (χ3n) is 5.04. The second kappa shape index (κ2) is 8.87. The molecule has 34 heavy (non-hydrogen) atoms. The van der Waals surface area contributed by atoms with Crippen molar-refractivity contribution in [2.45, 2.75) is 10.1 Å². The number of benzene rings is 2. The molecule has 0 aliphatic carbocycles. The number of nitrogens with one attached hydrogen (secondary N) is 1. The van der Waals surface area contributed by atoms with Crippen molar-refractivity contribution in [2.24, 2.45) is 0 Å². The second-order valence-corrected chi connectivity index (χ2v) is 8.15. The van der Waals surface area contributed by atoms with Crippen LogP contribution in [0.5, 0.6) is 5.75 Å². The summed E-state index contributed by atoms with van der Waals surface area (Å²) in [5.74, 6) is 0.356. The first-order chi connectivity index (χ1) is 16.6. The van der Waals surface area contributed by atoms with Crippen LogP contribution in [0, 0.1) is 0 Å². The number of esters is 1. The molecule has 0 fully saturated rings. The highest BCUT2D eigenvalue weighted by atomic mass is 32.2. The normalized spacial score (nSPS) is 11.0. The predicted molar refractivity (Wildman–Crippen MR) is 124 cm³/mol. The van der Waals surface area contributed by atoms with Gasteiger partial charge in [-0.15, -0.1) is 5.10 Å². The summed E-state index contributed by atoms with van der Waals surface area (Å²) in [6.07, 6.45) is 3.07. The van der Waals surface area contributed by atoms with E-state index >= 15 is 0 Å². The van der Waals surface area contributed by atoms with E-state index in [-0.39, 0.29) is 16.8 Å². The average molecular weight is 475 g/mol. The monoisotopic (exact) mass is 474 g/mol. The largest absolute Gasteiger partial charge is 0.497 e. The number of carbonyl (C=O) groups is 1. The molecule has 10 nitrogen and oxygen atoms in total. The zero-order valence-electron chi connectivity index (χ0n) is 18.1. The fourth-order valence-electron chi connectivity index (χ4n) is 3.38. The van der Waals surface area contributed by atoms with Gasteiger partial charge in [0.15, 0.2) is 0 Å². The van der Waals surface area contributed by atoms with Crippen LogP contribution in [0.3, 0.4) is 0 Å². The molecule has 0 spiro atoms. The summed E-state index contributed by atoms with van der Waals surface area (Å²) < 4.78 is 12.9. The van der Waals surface area contributed by atoms with Crippen molar-refractivity contribution in [1.82, 2.24) is 29.5 Å². The number of H-pyrrole nitrogens is 1. The summed E-state index contributed by atoms with van der Waals surface area (Å²) in [5, 5.41) is 12.0. The number of carbonyl (C=O) groups excluding carboxylic acids is 1. The predicted octanol–water partition coefficient (Wildman–Crippen LogP) is 3.19. The van der Waals surface area contributed by atoms with Crippen LogP contribution in [0.25, 0.3) is 22.9 Å². The van der Waals surface area contributed by atoms with Gasteiger partial charge in [0.05, 0.1) is 25.5 Å². The van der Waals surface area contributed by atoms with Gasteiger partial charge < -0.3 is 9.47 Å². The molecule has 0 bridgehead atoms. The maximum absolute atomic E-state index is 13.2. The van der Waals surface area contributed by atoms with Gasteiger partial charge in [-0.2, -0.15) is 14.8 Å². The molecule has 0 radical (unpaired) electrons. The maximum Gasteiger partial charge on any atom is 0.341 e. The molecular weight excluding hydrogens is 456 g/mol. The number of pyridine rings is 1. The van der Waals surface area contributed by atoms with E-state index in [4.69, 9.17) is 9.47 Å². The van der Waals surface area contributed by atoms with Crippen molar-refractivity contribution in [3.8, 4) is 28.6 Å². The SMILES string of the molecule is COC(=O)c1cn(-c2nc(Sc3ccccc3)n[nH]2)cc2c(=O)n(-c3ccc(OC)cc3)nc1-2. The van der Waals surface area contributed by atoms with Crippen LogP contribution in [-0.2, 0) is 4.74 Å². The number of rotatable bonds is 6. The van der Waals surface area contributed by atoms with Gasteiger partial charge in [-0.3, -0.25) is 9.36 Å². The van der Waals surface area contributed by atoms with E-state index < -0.39 is 11.5 Å². The maximum atomic E-state index is 13.2. The fraction of sp³-hybridized carbons (Fsp3) is 0.0870. The number of nitrogens with zero attached hydrogens (tertiary/aromatic N) is 5. The fourth-order valence-corrected chi connectivity index (χ4v) is 4.11. The smallest absolute Gasteiger partial charge is 0.341 e. The first kappa shape index (κ1) is 21.5. The molecule has 2 aromatic carbocycles. The quantitative estimate of drug-likeness (QED) is 0.373. The minimum absolute atomic E-state index is 0.123. The lowest BCUT2D eigenvalue weighted by molar-refractivity contribution is 0.0600. The van der Waals surface area contributed by atoms with E-state index in [0.29, 0.717) is 22.5 Å². The number of aromatic amines is 1. The molecule has 0 saturated carbocycles. The molecule has 11 heteroatoms. The third-order valence-corrected chi connectivity index (χ3v) is 5.91. The van der Waals surface area contributed by atoms with Gasteiger partial charge in [-0.05, 0) is 48.2 Å².